The van der Waals surface area contributed by atoms with Gasteiger partial charge in [0, 0.05) is 94.5 Å². The zero-order chi connectivity index (χ0) is 63.9. The average molecular weight is 1240 g/mol. The number of anilines is 6. The molecule has 0 aliphatic carbocycles. The molecular formula is C64H51F12N9O4. The minimum absolute atomic E-state index is 0.00252. The number of ether oxygens (including phenoxy) is 2. The van der Waals surface area contributed by atoms with Crippen LogP contribution in [0.4, 0.5) is 86.8 Å². The summed E-state index contributed by atoms with van der Waals surface area (Å²) in [5.41, 5.74) is -8.27. The van der Waals surface area contributed by atoms with Crippen LogP contribution in [0.1, 0.15) is 70.2 Å². The Morgan fingerprint density at radius 2 is 0.921 bits per heavy atom. The van der Waals surface area contributed by atoms with E-state index < -0.39 is 64.2 Å². The van der Waals surface area contributed by atoms with E-state index in [1.54, 1.807) is 55.5 Å². The third kappa shape index (κ3) is 12.2. The van der Waals surface area contributed by atoms with Gasteiger partial charge in [0.05, 0.1) is 14.2 Å². The summed E-state index contributed by atoms with van der Waals surface area (Å²) >= 11 is 0. The Bertz CT molecular complexity index is 4110. The molecule has 9 aromatic rings. The smallest absolute Gasteiger partial charge is 0.413 e. The summed E-state index contributed by atoms with van der Waals surface area (Å²) in [5.74, 6) is 2.57. The Balaban J connectivity index is 0.000000155. The van der Waals surface area contributed by atoms with Crippen molar-refractivity contribution in [2.45, 2.75) is 67.4 Å². The number of aromatic amines is 1. The average Bonchev–Trinajstić information content (AvgIpc) is 0.738. The summed E-state index contributed by atoms with van der Waals surface area (Å²) in [4.78, 5) is 34.9. The number of nitrogens with zero attached hydrogens (tertiary/aromatic N) is 5. The molecule has 89 heavy (non-hydrogen) atoms. The molecular weight excluding hydrogens is 1190 g/mol. The molecule has 3 atom stereocenters. The van der Waals surface area contributed by atoms with Gasteiger partial charge in [0.1, 0.15) is 51.0 Å². The van der Waals surface area contributed by atoms with E-state index in [-0.39, 0.29) is 111 Å². The number of H-pyrrole nitrogens is 1. The van der Waals surface area contributed by atoms with Crippen LogP contribution in [0.25, 0.3) is 0 Å². The molecule has 3 aliphatic rings. The van der Waals surface area contributed by atoms with E-state index in [0.29, 0.717) is 11.4 Å². The zero-order valence-corrected chi connectivity index (χ0v) is 47.1. The van der Waals surface area contributed by atoms with Gasteiger partial charge in [-0.3, -0.25) is 14.8 Å². The van der Waals surface area contributed by atoms with Crippen molar-refractivity contribution in [2.24, 2.45) is 0 Å². The Labute approximate surface area is 500 Å². The first-order valence-electron chi connectivity index (χ1n) is 27.0. The zero-order valence-electron chi connectivity index (χ0n) is 47.1. The highest BCUT2D eigenvalue weighted by molar-refractivity contribution is 5.83. The standard InChI is InChI=1S/C21H17F4N3O.C21H13F4N3O.C20H15F4N3O.C2H6O/c2*1-29-19-18-15(8-11-27-19)20(21(23,24)25,9-7-14-4-2-3-10-26-14)16-12-13(22)5-6-17(16)28-18;21-12-4-5-16-15(11-12)19(20(22,23)24,8-6-13-3-1-2-9-25-13)14-7-10-26-18(28)17(14)27-16;1-2-3/h2-6,8,10-12,28H,7,9H2,1H3;2-6,8,10-12,28H,1H3;1-5,7,9-11,27H,6,8H2,(H,26,28);3H,2H2,1H3. The van der Waals surface area contributed by atoms with E-state index in [1.165, 1.54) is 93.9 Å². The SMILES string of the molecule is CCO.COc1nccc2c1Nc1ccc(F)cc1C2(C#Cc1ccccn1)C(F)(F)F.COc1nccc2c1Nc1ccc(F)cc1C2(CCc1ccccn1)C(F)(F)F.O=c1[nH]ccc2c1Nc1ccc(F)cc1C2(CCc1ccccn1)C(F)(F)F. The van der Waals surface area contributed by atoms with E-state index in [4.69, 9.17) is 14.6 Å². The molecule has 0 fully saturated rings. The van der Waals surface area contributed by atoms with Gasteiger partial charge in [-0.05, 0) is 159 Å². The molecule has 3 aromatic carbocycles. The van der Waals surface area contributed by atoms with Crippen molar-refractivity contribution < 1.29 is 67.3 Å². The quantitative estimate of drug-likeness (QED) is 0.0721. The third-order valence-electron chi connectivity index (χ3n) is 15.0. The maximum atomic E-state index is 14.8. The fourth-order valence-corrected chi connectivity index (χ4v) is 11.1. The fourth-order valence-electron chi connectivity index (χ4n) is 11.1. The van der Waals surface area contributed by atoms with Crippen LogP contribution in [-0.4, -0.2) is 74.4 Å². The lowest BCUT2D eigenvalue weighted by atomic mass is 9.67. The van der Waals surface area contributed by atoms with Gasteiger partial charge in [0.15, 0.2) is 5.41 Å². The van der Waals surface area contributed by atoms with Crippen LogP contribution in [0.5, 0.6) is 11.8 Å². The summed E-state index contributed by atoms with van der Waals surface area (Å²) in [6.45, 7) is 1.93. The molecule has 0 amide bonds. The lowest BCUT2D eigenvalue weighted by Crippen LogP contribution is -2.47. The molecule has 0 radical (unpaired) electrons. The number of rotatable bonds is 8. The minimum Gasteiger partial charge on any atom is -0.480 e. The second-order valence-corrected chi connectivity index (χ2v) is 20.0. The van der Waals surface area contributed by atoms with Crippen molar-refractivity contribution >= 4 is 34.1 Å². The first kappa shape index (κ1) is 63.5. The molecule has 0 bridgehead atoms. The van der Waals surface area contributed by atoms with Crippen LogP contribution in [0.15, 0.2) is 169 Å². The molecule has 460 valence electrons. The number of aromatic nitrogens is 6. The van der Waals surface area contributed by atoms with Crippen molar-refractivity contribution in [2.75, 3.05) is 36.8 Å². The number of alkyl halides is 9. The number of nitrogens with one attached hydrogen (secondary N) is 4. The van der Waals surface area contributed by atoms with E-state index in [0.717, 1.165) is 36.4 Å². The predicted molar refractivity (Wildman–Crippen MR) is 307 cm³/mol. The van der Waals surface area contributed by atoms with Gasteiger partial charge in [-0.1, -0.05) is 24.1 Å². The normalized spacial score (nSPS) is 17.3. The second-order valence-electron chi connectivity index (χ2n) is 20.0. The van der Waals surface area contributed by atoms with Gasteiger partial charge in [0.2, 0.25) is 11.8 Å². The molecule has 0 saturated carbocycles. The summed E-state index contributed by atoms with van der Waals surface area (Å²) in [7, 11) is 2.65. The molecule has 13 nitrogen and oxygen atoms in total. The summed E-state index contributed by atoms with van der Waals surface area (Å²) in [5, 5.41) is 16.1. The number of pyridine rings is 6. The first-order valence-corrected chi connectivity index (χ1v) is 27.0. The van der Waals surface area contributed by atoms with Crippen molar-refractivity contribution in [3.8, 4) is 23.6 Å². The lowest BCUT2D eigenvalue weighted by Gasteiger charge is -2.42. The molecule has 3 aliphatic heterocycles. The molecule has 12 rings (SSSR count). The molecule has 6 aromatic heterocycles. The first-order chi connectivity index (χ1) is 42.5. The van der Waals surface area contributed by atoms with Gasteiger partial charge >= 0.3 is 18.5 Å². The van der Waals surface area contributed by atoms with Crippen LogP contribution in [0, 0.1) is 29.3 Å². The Morgan fingerprint density at radius 1 is 0.494 bits per heavy atom. The maximum absolute atomic E-state index is 14.8. The number of halogens is 12. The van der Waals surface area contributed by atoms with Gasteiger partial charge in [-0.15, -0.1) is 0 Å². The third-order valence-corrected chi connectivity index (χ3v) is 15.0. The number of hydrogen-bond donors (Lipinski definition) is 5. The molecule has 3 unspecified atom stereocenters. The maximum Gasteiger partial charge on any atom is 0.413 e. The highest BCUT2D eigenvalue weighted by Crippen LogP contribution is 2.60. The highest BCUT2D eigenvalue weighted by atomic mass is 19.4. The minimum atomic E-state index is -4.87. The fraction of sp³-hybridized carbons (Fsp3) is 0.219. The van der Waals surface area contributed by atoms with Crippen LogP contribution >= 0.6 is 0 Å². The van der Waals surface area contributed by atoms with E-state index in [1.807, 2.05) is 0 Å². The van der Waals surface area contributed by atoms with Crippen molar-refractivity contribution in [3.63, 3.8) is 0 Å². The summed E-state index contributed by atoms with van der Waals surface area (Å²) < 4.78 is 185. The van der Waals surface area contributed by atoms with Crippen molar-refractivity contribution in [3.05, 3.63) is 243 Å². The summed E-state index contributed by atoms with van der Waals surface area (Å²) in [6, 6.07) is 28.3. The van der Waals surface area contributed by atoms with Crippen LogP contribution in [-0.2, 0) is 29.1 Å². The molecule has 9 heterocycles. The number of aryl methyl sites for hydroxylation is 2. The number of fused-ring (bicyclic) bond motifs is 6. The van der Waals surface area contributed by atoms with Crippen molar-refractivity contribution in [1.29, 1.82) is 0 Å². The second kappa shape index (κ2) is 25.8. The molecule has 0 saturated heterocycles. The topological polar surface area (TPSA) is 172 Å². The Kier molecular flexibility index (Phi) is 18.4. The van der Waals surface area contributed by atoms with Gasteiger partial charge in [0.25, 0.3) is 5.56 Å². The predicted octanol–water partition coefficient (Wildman–Crippen LogP) is 14.2. The Hall–Kier alpha value is -9.96. The van der Waals surface area contributed by atoms with Crippen LogP contribution in [0.2, 0.25) is 0 Å². The molecule has 0 spiro atoms. The van der Waals surface area contributed by atoms with Crippen LogP contribution < -0.4 is 31.0 Å². The largest absolute Gasteiger partial charge is 0.480 e. The van der Waals surface area contributed by atoms with Gasteiger partial charge < -0.3 is 35.5 Å². The molecule has 5 N–H and O–H groups in total. The van der Waals surface area contributed by atoms with Gasteiger partial charge in [-0.2, -0.15) is 39.5 Å². The van der Waals surface area contributed by atoms with Gasteiger partial charge in [-0.25, -0.2) is 28.1 Å². The van der Waals surface area contributed by atoms with E-state index in [2.05, 4.69) is 57.7 Å². The van der Waals surface area contributed by atoms with Crippen molar-refractivity contribution in [1.82, 2.24) is 29.9 Å². The number of benzene rings is 3. The Morgan fingerprint density at radius 3 is 1.36 bits per heavy atom. The monoisotopic (exact) mass is 1240 g/mol. The lowest BCUT2D eigenvalue weighted by molar-refractivity contribution is -0.180. The summed E-state index contributed by atoms with van der Waals surface area (Å²) in [6.07, 6.45) is -6.93. The highest BCUT2D eigenvalue weighted by Gasteiger charge is 2.63. The van der Waals surface area contributed by atoms with E-state index in [9.17, 15) is 57.5 Å². The molecule has 25 heteroatoms. The number of aliphatic hydroxyl groups excluding tert-OH is 1. The van der Waals surface area contributed by atoms with Crippen LogP contribution in [0.3, 0.4) is 0 Å². The number of hydrogen-bond acceptors (Lipinski definition) is 12. The number of aliphatic hydroxyl groups is 1. The van der Waals surface area contributed by atoms with E-state index >= 15 is 0 Å². The number of methoxy groups -OCH3 is 2.